The van der Waals surface area contributed by atoms with E-state index < -0.39 is 11.6 Å². The van der Waals surface area contributed by atoms with Crippen molar-refractivity contribution in [2.45, 2.75) is 39.2 Å². The van der Waals surface area contributed by atoms with Crippen LogP contribution in [0.1, 0.15) is 44.0 Å². The van der Waals surface area contributed by atoms with Crippen LogP contribution in [0.15, 0.2) is 6.20 Å². The van der Waals surface area contributed by atoms with Crippen LogP contribution in [0.25, 0.3) is 0 Å². The number of pyridine rings is 1. The lowest BCUT2D eigenvalue weighted by Crippen LogP contribution is -2.25. The average molecular weight is 263 g/mol. The van der Waals surface area contributed by atoms with Gasteiger partial charge in [-0.05, 0) is 33.6 Å². The molecule has 1 radical (unpaired) electrons. The molecule has 0 atom stereocenters. The van der Waals surface area contributed by atoms with Crippen molar-refractivity contribution in [2.24, 2.45) is 0 Å². The van der Waals surface area contributed by atoms with Crippen molar-refractivity contribution in [1.29, 1.82) is 0 Å². The van der Waals surface area contributed by atoms with Crippen LogP contribution in [0.5, 0.6) is 5.75 Å². The number of hydrogen-bond acceptors (Lipinski definition) is 5. The zero-order valence-electron chi connectivity index (χ0n) is 11.6. The quantitative estimate of drug-likeness (QED) is 0.828. The second kappa shape index (κ2) is 5.07. The van der Waals surface area contributed by atoms with Gasteiger partial charge in [0, 0.05) is 19.3 Å². The zero-order valence-corrected chi connectivity index (χ0v) is 11.6. The molecule has 1 fully saturated rings. The smallest absolute Gasteiger partial charge is 0.344 e. The Hall–Kier alpha value is -1.78. The van der Waals surface area contributed by atoms with Crippen LogP contribution in [-0.2, 0) is 4.74 Å². The number of aromatic nitrogens is 1. The van der Waals surface area contributed by atoms with E-state index in [4.69, 9.17) is 4.74 Å². The van der Waals surface area contributed by atoms with E-state index in [9.17, 15) is 9.90 Å². The summed E-state index contributed by atoms with van der Waals surface area (Å²) in [5.74, 6) is -0.655. The minimum absolute atomic E-state index is 0.0915. The Balaban J connectivity index is 2.26. The molecule has 1 N–H and O–H groups in total. The molecule has 1 aliphatic heterocycles. The van der Waals surface area contributed by atoms with E-state index >= 15 is 0 Å². The molecule has 0 amide bonds. The van der Waals surface area contributed by atoms with Gasteiger partial charge in [0.2, 0.25) is 0 Å². The number of nitrogens with zero attached hydrogens (tertiary/aromatic N) is 2. The lowest BCUT2D eigenvalue weighted by atomic mass is 10.1. The van der Waals surface area contributed by atoms with Gasteiger partial charge >= 0.3 is 5.97 Å². The molecule has 1 saturated heterocycles. The van der Waals surface area contributed by atoms with Crippen molar-refractivity contribution in [3.05, 3.63) is 18.0 Å². The van der Waals surface area contributed by atoms with Crippen molar-refractivity contribution < 1.29 is 14.6 Å². The van der Waals surface area contributed by atoms with E-state index in [-0.39, 0.29) is 11.3 Å². The molecule has 103 valence electrons. The number of anilines is 1. The molecule has 5 nitrogen and oxygen atoms in total. The van der Waals surface area contributed by atoms with Gasteiger partial charge in [0.1, 0.15) is 23.0 Å². The summed E-state index contributed by atoms with van der Waals surface area (Å²) in [7, 11) is 0. The largest absolute Gasteiger partial charge is 0.505 e. The highest BCUT2D eigenvalue weighted by Crippen LogP contribution is 2.32. The van der Waals surface area contributed by atoms with Crippen LogP contribution < -0.4 is 4.90 Å². The fourth-order valence-corrected chi connectivity index (χ4v) is 2.04. The predicted octanol–water partition coefficient (Wildman–Crippen LogP) is 2.14. The monoisotopic (exact) mass is 263 g/mol. The molecule has 5 heteroatoms. The van der Waals surface area contributed by atoms with Crippen LogP contribution in [0.2, 0.25) is 0 Å². The average Bonchev–Trinajstić information content (AvgIpc) is 2.80. The number of hydrogen-bond donors (Lipinski definition) is 1. The summed E-state index contributed by atoms with van der Waals surface area (Å²) < 4.78 is 5.25. The maximum absolute atomic E-state index is 12.0. The number of aromatic hydroxyl groups is 1. The number of carbonyl (C=O) groups excluding carboxylic acids is 1. The normalized spacial score (nSPS) is 15.6. The fraction of sp³-hybridized carbons (Fsp3) is 0.571. The first-order valence-electron chi connectivity index (χ1n) is 6.46. The number of esters is 1. The molecule has 0 bridgehead atoms. The van der Waals surface area contributed by atoms with Crippen molar-refractivity contribution in [2.75, 3.05) is 18.0 Å². The minimum Gasteiger partial charge on any atom is -0.505 e. The third kappa shape index (κ3) is 3.16. The third-order valence-corrected chi connectivity index (χ3v) is 2.88. The predicted molar refractivity (Wildman–Crippen MR) is 71.4 cm³/mol. The Morgan fingerprint density at radius 3 is 2.63 bits per heavy atom. The fourth-order valence-electron chi connectivity index (χ4n) is 2.04. The highest BCUT2D eigenvalue weighted by Gasteiger charge is 2.25. The second-order valence-corrected chi connectivity index (χ2v) is 5.68. The zero-order chi connectivity index (χ0) is 14.0. The maximum atomic E-state index is 12.0. The molecule has 19 heavy (non-hydrogen) atoms. The Morgan fingerprint density at radius 2 is 2.05 bits per heavy atom. The molecular formula is C14H19N2O3. The molecule has 0 unspecified atom stereocenters. The van der Waals surface area contributed by atoms with E-state index in [1.807, 2.05) is 4.90 Å². The lowest BCUT2D eigenvalue weighted by Gasteiger charge is -2.22. The SMILES string of the molecule is CC(C)(C)OC(=O)c1cn[c]c(N2CCCC2)c1O. The maximum Gasteiger partial charge on any atom is 0.344 e. The molecule has 1 aromatic rings. The Morgan fingerprint density at radius 1 is 1.42 bits per heavy atom. The Labute approximate surface area is 113 Å². The molecule has 1 aromatic heterocycles. The summed E-state index contributed by atoms with van der Waals surface area (Å²) in [5, 5.41) is 10.2. The molecule has 2 heterocycles. The molecular weight excluding hydrogens is 244 g/mol. The lowest BCUT2D eigenvalue weighted by molar-refractivity contribution is 0.00664. The third-order valence-electron chi connectivity index (χ3n) is 2.88. The van der Waals surface area contributed by atoms with Gasteiger partial charge in [-0.2, -0.15) is 0 Å². The Bertz CT molecular complexity index is 474. The van der Waals surface area contributed by atoms with Gasteiger partial charge in [0.25, 0.3) is 0 Å². The standard InChI is InChI=1S/C14H19N2O3/c1-14(2,3)19-13(18)10-8-15-9-11(12(10)17)16-6-4-5-7-16/h8H,4-7H2,1-3H3,(H,15,17). The van der Waals surface area contributed by atoms with Crippen LogP contribution >= 0.6 is 0 Å². The summed E-state index contributed by atoms with van der Waals surface area (Å²) in [6.45, 7) is 7.05. The van der Waals surface area contributed by atoms with Crippen LogP contribution in [-0.4, -0.2) is 34.8 Å². The highest BCUT2D eigenvalue weighted by atomic mass is 16.6. The van der Waals surface area contributed by atoms with Crippen LogP contribution in [0.4, 0.5) is 5.69 Å². The van der Waals surface area contributed by atoms with E-state index in [2.05, 4.69) is 11.2 Å². The Kier molecular flexibility index (Phi) is 3.64. The van der Waals surface area contributed by atoms with Gasteiger partial charge in [0.05, 0.1) is 0 Å². The molecule has 0 aliphatic carbocycles. The summed E-state index contributed by atoms with van der Waals surface area (Å²) in [4.78, 5) is 17.9. The molecule has 0 aromatic carbocycles. The van der Waals surface area contributed by atoms with E-state index in [1.165, 1.54) is 6.20 Å². The van der Waals surface area contributed by atoms with Crippen molar-refractivity contribution in [3.63, 3.8) is 0 Å². The van der Waals surface area contributed by atoms with Gasteiger partial charge in [-0.1, -0.05) is 0 Å². The number of rotatable bonds is 2. The van der Waals surface area contributed by atoms with Gasteiger partial charge in [-0.3, -0.25) is 4.98 Å². The van der Waals surface area contributed by atoms with E-state index in [0.29, 0.717) is 5.69 Å². The van der Waals surface area contributed by atoms with Crippen molar-refractivity contribution in [3.8, 4) is 5.75 Å². The summed E-state index contributed by atoms with van der Waals surface area (Å²) in [6, 6.07) is 0. The van der Waals surface area contributed by atoms with E-state index in [1.54, 1.807) is 20.8 Å². The molecule has 2 rings (SSSR count). The van der Waals surface area contributed by atoms with Crippen LogP contribution in [0.3, 0.4) is 0 Å². The van der Waals surface area contributed by atoms with Gasteiger partial charge in [-0.15, -0.1) is 0 Å². The molecule has 1 aliphatic rings. The number of ether oxygens (including phenoxy) is 1. The number of carbonyl (C=O) groups is 1. The first-order valence-corrected chi connectivity index (χ1v) is 6.46. The van der Waals surface area contributed by atoms with Crippen molar-refractivity contribution >= 4 is 11.7 Å². The summed E-state index contributed by atoms with van der Waals surface area (Å²) >= 11 is 0. The minimum atomic E-state index is -0.600. The first-order chi connectivity index (χ1) is 8.88. The summed E-state index contributed by atoms with van der Waals surface area (Å²) in [5.41, 5.74) is -0.0203. The van der Waals surface area contributed by atoms with Gasteiger partial charge in [0.15, 0.2) is 5.75 Å². The van der Waals surface area contributed by atoms with Gasteiger partial charge in [-0.25, -0.2) is 4.79 Å². The topological polar surface area (TPSA) is 62.7 Å². The molecule has 0 saturated carbocycles. The first kappa shape index (κ1) is 13.6. The highest BCUT2D eigenvalue weighted by molar-refractivity contribution is 5.94. The second-order valence-electron chi connectivity index (χ2n) is 5.68. The van der Waals surface area contributed by atoms with Crippen LogP contribution in [0, 0.1) is 6.20 Å². The van der Waals surface area contributed by atoms with Crippen molar-refractivity contribution in [1.82, 2.24) is 4.98 Å². The summed E-state index contributed by atoms with van der Waals surface area (Å²) in [6.07, 6.45) is 6.20. The van der Waals surface area contributed by atoms with Gasteiger partial charge < -0.3 is 14.7 Å². The van der Waals surface area contributed by atoms with E-state index in [0.717, 1.165) is 25.9 Å². The molecule has 0 spiro atoms.